The fourth-order valence-corrected chi connectivity index (χ4v) is 2.95. The Hall–Kier alpha value is -0.350. The van der Waals surface area contributed by atoms with Crippen molar-refractivity contribution in [3.8, 4) is 0 Å². The number of aryl methyl sites for hydroxylation is 1. The van der Waals surface area contributed by atoms with Crippen LogP contribution in [0.1, 0.15) is 42.9 Å². The zero-order chi connectivity index (χ0) is 11.5. The monoisotopic (exact) mass is 327 g/mol. The number of hydrogen-bond acceptors (Lipinski definition) is 1. The maximum atomic E-state index is 6.37. The molecule has 16 heavy (non-hydrogen) atoms. The molecule has 1 aromatic carbocycles. The highest BCUT2D eigenvalue weighted by Gasteiger charge is 2.16. The summed E-state index contributed by atoms with van der Waals surface area (Å²) in [6, 6.07) is 6.52. The molecule has 1 unspecified atom stereocenters. The normalized spacial score (nSPS) is 18.1. The first-order chi connectivity index (χ1) is 7.70. The molecule has 86 valence electrons. The van der Waals surface area contributed by atoms with Crippen molar-refractivity contribution >= 4 is 22.6 Å². The third-order valence-corrected chi connectivity index (χ3v) is 4.76. The van der Waals surface area contributed by atoms with Crippen molar-refractivity contribution in [2.24, 2.45) is 5.73 Å². The summed E-state index contributed by atoms with van der Waals surface area (Å²) in [6.07, 6.45) is 7.33. The van der Waals surface area contributed by atoms with Crippen molar-refractivity contribution in [3.63, 3.8) is 0 Å². The molecule has 1 atom stereocenters. The molecule has 0 bridgehead atoms. The van der Waals surface area contributed by atoms with E-state index < -0.39 is 0 Å². The second-order valence-electron chi connectivity index (χ2n) is 4.48. The summed E-state index contributed by atoms with van der Waals surface area (Å²) in [5.41, 5.74) is 10.4. The van der Waals surface area contributed by atoms with E-state index in [9.17, 15) is 0 Å². The molecular weight excluding hydrogens is 309 g/mol. The number of hydrogen-bond donors (Lipinski definition) is 1. The van der Waals surface area contributed by atoms with Crippen molar-refractivity contribution < 1.29 is 0 Å². The van der Waals surface area contributed by atoms with Crippen LogP contribution < -0.4 is 5.73 Å². The van der Waals surface area contributed by atoms with E-state index >= 15 is 0 Å². The Morgan fingerprint density at radius 1 is 1.31 bits per heavy atom. The highest BCUT2D eigenvalue weighted by molar-refractivity contribution is 14.1. The standard InChI is InChI=1S/C14H18IN/c1-10-6-5-9-12(13(10)15)14(16)11-7-3-2-4-8-11/h5-7,9,14H,2-4,8,16H2,1H3. The van der Waals surface area contributed by atoms with Gasteiger partial charge in [0.25, 0.3) is 0 Å². The lowest BCUT2D eigenvalue weighted by Gasteiger charge is -2.21. The number of rotatable bonds is 2. The number of allylic oxidation sites excluding steroid dienone is 1. The maximum Gasteiger partial charge on any atom is 0.0521 e. The first kappa shape index (κ1) is 12.1. The first-order valence-electron chi connectivity index (χ1n) is 5.89. The van der Waals surface area contributed by atoms with Crippen LogP contribution in [0.4, 0.5) is 0 Å². The van der Waals surface area contributed by atoms with E-state index in [0.717, 1.165) is 0 Å². The molecule has 1 aliphatic carbocycles. The summed E-state index contributed by atoms with van der Waals surface area (Å²) in [4.78, 5) is 0. The van der Waals surface area contributed by atoms with E-state index in [0.29, 0.717) is 0 Å². The largest absolute Gasteiger partial charge is 0.321 e. The van der Waals surface area contributed by atoms with Gasteiger partial charge in [-0.1, -0.05) is 29.8 Å². The van der Waals surface area contributed by atoms with Gasteiger partial charge in [0.2, 0.25) is 0 Å². The van der Waals surface area contributed by atoms with E-state index in [-0.39, 0.29) is 6.04 Å². The van der Waals surface area contributed by atoms with E-state index in [4.69, 9.17) is 5.73 Å². The van der Waals surface area contributed by atoms with Crippen molar-refractivity contribution in [1.82, 2.24) is 0 Å². The average Bonchev–Trinajstić information content (AvgIpc) is 2.33. The van der Waals surface area contributed by atoms with Gasteiger partial charge in [0.1, 0.15) is 0 Å². The van der Waals surface area contributed by atoms with Crippen molar-refractivity contribution in [2.45, 2.75) is 38.6 Å². The van der Waals surface area contributed by atoms with Gasteiger partial charge in [-0.15, -0.1) is 0 Å². The zero-order valence-corrected chi connectivity index (χ0v) is 11.8. The van der Waals surface area contributed by atoms with Crippen molar-refractivity contribution in [1.29, 1.82) is 0 Å². The Kier molecular flexibility index (Phi) is 4.03. The molecule has 0 aromatic heterocycles. The summed E-state index contributed by atoms with van der Waals surface area (Å²) in [7, 11) is 0. The van der Waals surface area contributed by atoms with Crippen LogP contribution in [0.25, 0.3) is 0 Å². The van der Waals surface area contributed by atoms with Crippen LogP contribution in [0.3, 0.4) is 0 Å². The number of nitrogens with two attached hydrogens (primary N) is 1. The molecule has 2 heteroatoms. The lowest BCUT2D eigenvalue weighted by Crippen LogP contribution is -2.16. The quantitative estimate of drug-likeness (QED) is 0.642. The molecule has 0 aliphatic heterocycles. The fourth-order valence-electron chi connectivity index (χ4n) is 2.26. The fraction of sp³-hybridized carbons (Fsp3) is 0.429. The Morgan fingerprint density at radius 2 is 2.12 bits per heavy atom. The van der Waals surface area contributed by atoms with Crippen LogP contribution >= 0.6 is 22.6 Å². The van der Waals surface area contributed by atoms with E-state index in [1.165, 1.54) is 46.0 Å². The molecule has 1 nitrogen and oxygen atoms in total. The number of benzene rings is 1. The Bertz CT molecular complexity index is 409. The summed E-state index contributed by atoms with van der Waals surface area (Å²) in [6.45, 7) is 2.15. The van der Waals surface area contributed by atoms with Crippen LogP contribution in [0, 0.1) is 10.5 Å². The molecule has 0 heterocycles. The SMILES string of the molecule is Cc1cccc(C(N)C2=CCCCC2)c1I. The predicted octanol–water partition coefficient (Wildman–Crippen LogP) is 4.10. The molecule has 1 aliphatic rings. The number of halogens is 1. The molecule has 0 saturated carbocycles. The molecule has 1 aromatic rings. The predicted molar refractivity (Wildman–Crippen MR) is 77.4 cm³/mol. The Morgan fingerprint density at radius 3 is 2.81 bits per heavy atom. The molecule has 2 N–H and O–H groups in total. The molecule has 0 saturated heterocycles. The van der Waals surface area contributed by atoms with Gasteiger partial charge < -0.3 is 5.73 Å². The molecule has 0 radical (unpaired) electrons. The Labute approximate surface area is 111 Å². The van der Waals surface area contributed by atoms with E-state index in [1.54, 1.807) is 0 Å². The molecule has 2 rings (SSSR count). The van der Waals surface area contributed by atoms with Crippen LogP contribution in [-0.2, 0) is 0 Å². The van der Waals surface area contributed by atoms with Gasteiger partial charge >= 0.3 is 0 Å². The van der Waals surface area contributed by atoms with Gasteiger partial charge in [-0.3, -0.25) is 0 Å². The zero-order valence-electron chi connectivity index (χ0n) is 9.67. The minimum Gasteiger partial charge on any atom is -0.321 e. The molecule has 0 amide bonds. The Balaban J connectivity index is 2.29. The van der Waals surface area contributed by atoms with E-state index in [1.807, 2.05) is 0 Å². The van der Waals surface area contributed by atoms with Crippen LogP contribution in [0.2, 0.25) is 0 Å². The average molecular weight is 327 g/mol. The van der Waals surface area contributed by atoms with Crippen molar-refractivity contribution in [3.05, 3.63) is 44.5 Å². The van der Waals surface area contributed by atoms with Crippen LogP contribution in [-0.4, -0.2) is 0 Å². The highest BCUT2D eigenvalue weighted by atomic mass is 127. The second kappa shape index (κ2) is 5.32. The minimum atomic E-state index is 0.104. The highest BCUT2D eigenvalue weighted by Crippen LogP contribution is 2.31. The molecule has 0 spiro atoms. The lowest BCUT2D eigenvalue weighted by atomic mass is 9.90. The van der Waals surface area contributed by atoms with Gasteiger partial charge in [-0.05, 0) is 66.3 Å². The second-order valence-corrected chi connectivity index (χ2v) is 5.56. The van der Waals surface area contributed by atoms with Gasteiger partial charge in [0, 0.05) is 3.57 Å². The summed E-state index contributed by atoms with van der Waals surface area (Å²) in [5, 5.41) is 0. The minimum absolute atomic E-state index is 0.104. The van der Waals surface area contributed by atoms with Crippen molar-refractivity contribution in [2.75, 3.05) is 0 Å². The van der Waals surface area contributed by atoms with Gasteiger partial charge in [0.05, 0.1) is 6.04 Å². The molecular formula is C14H18IN. The maximum absolute atomic E-state index is 6.37. The topological polar surface area (TPSA) is 26.0 Å². The summed E-state index contributed by atoms with van der Waals surface area (Å²) in [5.74, 6) is 0. The first-order valence-corrected chi connectivity index (χ1v) is 6.97. The third kappa shape index (κ3) is 2.48. The summed E-state index contributed by atoms with van der Waals surface area (Å²) >= 11 is 2.41. The van der Waals surface area contributed by atoms with E-state index in [2.05, 4.69) is 53.8 Å². The van der Waals surface area contributed by atoms with Crippen LogP contribution in [0.5, 0.6) is 0 Å². The van der Waals surface area contributed by atoms with Gasteiger partial charge in [-0.25, -0.2) is 0 Å². The lowest BCUT2D eigenvalue weighted by molar-refractivity contribution is 0.647. The smallest absolute Gasteiger partial charge is 0.0521 e. The van der Waals surface area contributed by atoms with Gasteiger partial charge in [-0.2, -0.15) is 0 Å². The van der Waals surface area contributed by atoms with Gasteiger partial charge in [0.15, 0.2) is 0 Å². The van der Waals surface area contributed by atoms with Crippen LogP contribution in [0.15, 0.2) is 29.8 Å². The third-order valence-electron chi connectivity index (χ3n) is 3.28. The summed E-state index contributed by atoms with van der Waals surface area (Å²) < 4.78 is 1.32. The molecule has 0 fully saturated rings.